The number of rotatable bonds is 3. The first-order valence-corrected chi connectivity index (χ1v) is 7.32. The van der Waals surface area contributed by atoms with E-state index >= 15 is 0 Å². The second kappa shape index (κ2) is 6.47. The Kier molecular flexibility index (Phi) is 4.94. The van der Waals surface area contributed by atoms with Crippen molar-refractivity contribution in [3.8, 4) is 16.9 Å². The number of aryl methyl sites for hydroxylation is 1. The van der Waals surface area contributed by atoms with Crippen LogP contribution < -0.4 is 10.2 Å². The molecule has 0 aliphatic carbocycles. The van der Waals surface area contributed by atoms with E-state index in [0.29, 0.717) is 6.07 Å². The topological polar surface area (TPSA) is 31.2 Å². The molecule has 130 valence electrons. The fourth-order valence-electron chi connectivity index (χ4n) is 2.19. The van der Waals surface area contributed by atoms with Crippen molar-refractivity contribution in [2.75, 3.05) is 0 Å². The van der Waals surface area contributed by atoms with Gasteiger partial charge in [-0.1, -0.05) is 11.6 Å². The third-order valence-corrected chi connectivity index (χ3v) is 3.50. The maximum atomic E-state index is 14.2. The first-order chi connectivity index (χ1) is 11.0. The molecule has 0 fully saturated rings. The summed E-state index contributed by atoms with van der Waals surface area (Å²) in [4.78, 5) is 12.1. The van der Waals surface area contributed by atoms with Crippen molar-refractivity contribution in [3.05, 3.63) is 51.2 Å². The van der Waals surface area contributed by atoms with Crippen molar-refractivity contribution >= 4 is 11.6 Å². The summed E-state index contributed by atoms with van der Waals surface area (Å²) < 4.78 is 58.8. The Morgan fingerprint density at radius 2 is 1.79 bits per heavy atom. The highest BCUT2D eigenvalue weighted by atomic mass is 35.5. The van der Waals surface area contributed by atoms with E-state index in [9.17, 15) is 22.4 Å². The van der Waals surface area contributed by atoms with Gasteiger partial charge in [-0.25, -0.2) is 4.39 Å². The predicted octanol–water partition coefficient (Wildman–Crippen LogP) is 4.65. The number of alkyl halides is 3. The van der Waals surface area contributed by atoms with E-state index in [1.54, 1.807) is 13.8 Å². The fraction of sp³-hybridized carbons (Fsp3) is 0.312. The number of halogens is 5. The van der Waals surface area contributed by atoms with Crippen molar-refractivity contribution in [1.29, 1.82) is 0 Å². The number of nitrogens with zero attached hydrogens (tertiary/aromatic N) is 1. The summed E-state index contributed by atoms with van der Waals surface area (Å²) in [5, 5.41) is 0.00804. The van der Waals surface area contributed by atoms with Gasteiger partial charge in [-0.15, -0.1) is 0 Å². The smallest absolute Gasteiger partial charge is 0.431 e. The summed E-state index contributed by atoms with van der Waals surface area (Å²) >= 11 is 5.89. The molecule has 0 atom stereocenters. The average Bonchev–Trinajstić information content (AvgIpc) is 2.42. The van der Waals surface area contributed by atoms with Gasteiger partial charge in [-0.2, -0.15) is 13.2 Å². The third-order valence-electron chi connectivity index (χ3n) is 3.20. The summed E-state index contributed by atoms with van der Waals surface area (Å²) in [6, 6.07) is 2.61. The van der Waals surface area contributed by atoms with Crippen molar-refractivity contribution in [2.24, 2.45) is 7.05 Å². The molecular formula is C16H14ClF4NO2. The van der Waals surface area contributed by atoms with E-state index in [-0.39, 0.29) is 28.0 Å². The SMILES string of the molecule is CC(C)Oc1cc(-c2cn(C)c(C(F)(F)F)cc2=O)c(F)cc1Cl. The Labute approximate surface area is 140 Å². The van der Waals surface area contributed by atoms with E-state index in [1.807, 2.05) is 0 Å². The van der Waals surface area contributed by atoms with Crippen molar-refractivity contribution in [3.63, 3.8) is 0 Å². The molecule has 1 aromatic carbocycles. The van der Waals surface area contributed by atoms with Crippen molar-refractivity contribution in [2.45, 2.75) is 26.1 Å². The van der Waals surface area contributed by atoms with Crippen molar-refractivity contribution in [1.82, 2.24) is 4.57 Å². The van der Waals surface area contributed by atoms with E-state index in [2.05, 4.69) is 0 Å². The highest BCUT2D eigenvalue weighted by Crippen LogP contribution is 2.34. The standard InChI is InChI=1S/C16H14ClF4NO2/c1-8(2)24-14-4-9(12(18)5-11(14)17)10-7-22(3)15(6-13(10)23)16(19,20)21/h4-8H,1-3H3. The van der Waals surface area contributed by atoms with Gasteiger partial charge in [0.2, 0.25) is 0 Å². The third kappa shape index (κ3) is 3.72. The van der Waals surface area contributed by atoms with E-state index in [4.69, 9.17) is 16.3 Å². The van der Waals surface area contributed by atoms with Gasteiger partial charge in [0.25, 0.3) is 0 Å². The van der Waals surface area contributed by atoms with Crippen LogP contribution in [0.3, 0.4) is 0 Å². The Hall–Kier alpha value is -2.02. The predicted molar refractivity (Wildman–Crippen MR) is 82.9 cm³/mol. The van der Waals surface area contributed by atoms with Crippen LogP contribution in [0.4, 0.5) is 17.6 Å². The molecule has 1 heterocycles. The highest BCUT2D eigenvalue weighted by molar-refractivity contribution is 6.32. The summed E-state index contributed by atoms with van der Waals surface area (Å²) in [6.07, 6.45) is -4.00. The molecule has 0 saturated carbocycles. The zero-order valence-electron chi connectivity index (χ0n) is 13.0. The molecule has 1 aromatic heterocycles. The first kappa shape index (κ1) is 18.3. The maximum Gasteiger partial charge on any atom is 0.431 e. The van der Waals surface area contributed by atoms with Gasteiger partial charge >= 0.3 is 6.18 Å². The minimum absolute atomic E-state index is 0.00804. The molecule has 0 aliphatic heterocycles. The molecule has 0 N–H and O–H groups in total. The molecule has 8 heteroatoms. The van der Waals surface area contributed by atoms with Gasteiger partial charge in [0, 0.05) is 30.4 Å². The van der Waals surface area contributed by atoms with E-state index < -0.39 is 23.1 Å². The van der Waals surface area contributed by atoms with Crippen LogP contribution in [0.1, 0.15) is 19.5 Å². The quantitative estimate of drug-likeness (QED) is 0.743. The van der Waals surface area contributed by atoms with Crippen molar-refractivity contribution < 1.29 is 22.3 Å². The summed E-state index contributed by atoms with van der Waals surface area (Å²) in [5.74, 6) is -0.682. The normalized spacial score (nSPS) is 11.9. The molecule has 24 heavy (non-hydrogen) atoms. The second-order valence-electron chi connectivity index (χ2n) is 5.47. The van der Waals surface area contributed by atoms with E-state index in [0.717, 1.165) is 23.9 Å². The largest absolute Gasteiger partial charge is 0.489 e. The zero-order valence-corrected chi connectivity index (χ0v) is 13.8. The van der Waals surface area contributed by atoms with Crippen LogP contribution in [-0.4, -0.2) is 10.7 Å². The molecular weight excluding hydrogens is 350 g/mol. The molecule has 2 aromatic rings. The lowest BCUT2D eigenvalue weighted by Crippen LogP contribution is -2.19. The number of hydrogen-bond donors (Lipinski definition) is 0. The lowest BCUT2D eigenvalue weighted by molar-refractivity contribution is -0.143. The molecule has 0 unspecified atom stereocenters. The molecule has 0 bridgehead atoms. The van der Waals surface area contributed by atoms with Crippen LogP contribution in [-0.2, 0) is 13.2 Å². The van der Waals surface area contributed by atoms with Gasteiger partial charge in [0.15, 0.2) is 5.43 Å². The molecule has 3 nitrogen and oxygen atoms in total. The van der Waals surface area contributed by atoms with Crippen LogP contribution in [0.5, 0.6) is 5.75 Å². The summed E-state index contributed by atoms with van der Waals surface area (Å²) in [7, 11) is 1.13. The van der Waals surface area contributed by atoms with Crippen LogP contribution in [0, 0.1) is 5.82 Å². The molecule has 0 radical (unpaired) electrons. The molecule has 2 rings (SSSR count). The van der Waals surface area contributed by atoms with Gasteiger partial charge in [0.1, 0.15) is 17.3 Å². The lowest BCUT2D eigenvalue weighted by Gasteiger charge is -2.16. The second-order valence-corrected chi connectivity index (χ2v) is 5.88. The number of aromatic nitrogens is 1. The van der Waals surface area contributed by atoms with Gasteiger partial charge < -0.3 is 9.30 Å². The zero-order chi connectivity index (χ0) is 18.2. The van der Waals surface area contributed by atoms with Crippen LogP contribution in [0.25, 0.3) is 11.1 Å². The number of hydrogen-bond acceptors (Lipinski definition) is 2. The number of ether oxygens (including phenoxy) is 1. The maximum absolute atomic E-state index is 14.2. The minimum atomic E-state index is -4.68. The molecule has 0 aliphatic rings. The lowest BCUT2D eigenvalue weighted by atomic mass is 10.1. The molecule has 0 saturated heterocycles. The monoisotopic (exact) mass is 363 g/mol. The Morgan fingerprint density at radius 1 is 1.17 bits per heavy atom. The van der Waals surface area contributed by atoms with Gasteiger partial charge in [-0.3, -0.25) is 4.79 Å². The Morgan fingerprint density at radius 3 is 2.33 bits per heavy atom. The van der Waals surface area contributed by atoms with E-state index in [1.165, 1.54) is 6.07 Å². The summed E-state index contributed by atoms with van der Waals surface area (Å²) in [5.41, 5.74) is -2.46. The molecule has 0 spiro atoms. The number of pyridine rings is 1. The Balaban J connectivity index is 2.64. The first-order valence-electron chi connectivity index (χ1n) is 6.94. The molecule has 0 amide bonds. The average molecular weight is 364 g/mol. The fourth-order valence-corrected chi connectivity index (χ4v) is 2.39. The number of benzene rings is 1. The summed E-state index contributed by atoms with van der Waals surface area (Å²) in [6.45, 7) is 3.47. The minimum Gasteiger partial charge on any atom is -0.489 e. The van der Waals surface area contributed by atoms with Crippen LogP contribution in [0.15, 0.2) is 29.2 Å². The van der Waals surface area contributed by atoms with Crippen LogP contribution in [0.2, 0.25) is 5.02 Å². The Bertz CT molecular complexity index is 828. The highest BCUT2D eigenvalue weighted by Gasteiger charge is 2.34. The van der Waals surface area contributed by atoms with Gasteiger partial charge in [-0.05, 0) is 26.0 Å². The van der Waals surface area contributed by atoms with Crippen LogP contribution >= 0.6 is 11.6 Å². The van der Waals surface area contributed by atoms with Gasteiger partial charge in [0.05, 0.1) is 11.1 Å².